The molecule has 0 aromatic rings. The Hall–Kier alpha value is -0.120. The quantitative estimate of drug-likeness (QED) is 0.814. The van der Waals surface area contributed by atoms with Crippen molar-refractivity contribution < 1.29 is 4.74 Å². The molecule has 0 amide bonds. The van der Waals surface area contributed by atoms with Crippen LogP contribution < -0.4 is 5.32 Å². The molecule has 2 aliphatic heterocycles. The second-order valence-corrected chi connectivity index (χ2v) is 6.70. The van der Waals surface area contributed by atoms with Gasteiger partial charge in [0.25, 0.3) is 0 Å². The van der Waals surface area contributed by atoms with Crippen molar-refractivity contribution in [2.75, 3.05) is 32.8 Å². The maximum absolute atomic E-state index is 5.48. The molecule has 1 aliphatic carbocycles. The molecule has 3 rings (SSSR count). The highest BCUT2D eigenvalue weighted by atomic mass is 16.5. The lowest BCUT2D eigenvalue weighted by Crippen LogP contribution is -2.63. The summed E-state index contributed by atoms with van der Waals surface area (Å²) in [7, 11) is 0. The average molecular weight is 252 g/mol. The first-order chi connectivity index (χ1) is 8.77. The van der Waals surface area contributed by atoms with Crippen molar-refractivity contribution in [3.63, 3.8) is 0 Å². The van der Waals surface area contributed by atoms with E-state index in [2.05, 4.69) is 17.1 Å². The Labute approximate surface area is 111 Å². The lowest BCUT2D eigenvalue weighted by molar-refractivity contribution is 0.0260. The van der Waals surface area contributed by atoms with E-state index in [0.717, 1.165) is 19.1 Å². The van der Waals surface area contributed by atoms with Crippen LogP contribution in [0.3, 0.4) is 0 Å². The summed E-state index contributed by atoms with van der Waals surface area (Å²) in [5.41, 5.74) is 0.470. The van der Waals surface area contributed by atoms with Crippen molar-refractivity contribution in [1.29, 1.82) is 0 Å². The molecule has 3 aliphatic rings. The topological polar surface area (TPSA) is 24.5 Å². The van der Waals surface area contributed by atoms with Crippen LogP contribution in [-0.4, -0.2) is 49.3 Å². The molecule has 104 valence electrons. The highest BCUT2D eigenvalue weighted by Gasteiger charge is 2.40. The third-order valence-corrected chi connectivity index (χ3v) is 5.30. The molecule has 3 fully saturated rings. The zero-order chi connectivity index (χ0) is 12.4. The standard InChI is InChI=1S/C15H28N2O/c1-13-10-16-15(6-2-3-7-15)12-17(13)11-14-4-8-18-9-5-14/h13-14,16H,2-12H2,1H3. The maximum Gasteiger partial charge on any atom is 0.0469 e. The molecule has 2 saturated heterocycles. The van der Waals surface area contributed by atoms with Gasteiger partial charge in [0, 0.05) is 44.4 Å². The Morgan fingerprint density at radius 2 is 1.94 bits per heavy atom. The number of piperazine rings is 1. The molecule has 0 aromatic heterocycles. The van der Waals surface area contributed by atoms with Gasteiger partial charge in [0.2, 0.25) is 0 Å². The first-order valence-electron chi connectivity index (χ1n) is 7.84. The van der Waals surface area contributed by atoms with Gasteiger partial charge in [-0.05, 0) is 38.5 Å². The minimum atomic E-state index is 0.470. The number of rotatable bonds is 2. The molecule has 0 bridgehead atoms. The first kappa shape index (κ1) is 12.9. The lowest BCUT2D eigenvalue weighted by Gasteiger charge is -2.46. The first-order valence-corrected chi connectivity index (χ1v) is 7.84. The maximum atomic E-state index is 5.48. The fraction of sp³-hybridized carbons (Fsp3) is 1.00. The van der Waals surface area contributed by atoms with Gasteiger partial charge in [-0.3, -0.25) is 4.90 Å². The lowest BCUT2D eigenvalue weighted by atomic mass is 9.90. The zero-order valence-corrected chi connectivity index (χ0v) is 11.8. The van der Waals surface area contributed by atoms with Gasteiger partial charge < -0.3 is 10.1 Å². The summed E-state index contributed by atoms with van der Waals surface area (Å²) in [6.07, 6.45) is 8.17. The molecular formula is C15H28N2O. The number of ether oxygens (including phenoxy) is 1. The van der Waals surface area contributed by atoms with Gasteiger partial charge in [-0.25, -0.2) is 0 Å². The fourth-order valence-electron chi connectivity index (χ4n) is 3.99. The summed E-state index contributed by atoms with van der Waals surface area (Å²) in [6.45, 7) is 8.11. The van der Waals surface area contributed by atoms with E-state index in [0.29, 0.717) is 11.6 Å². The minimum Gasteiger partial charge on any atom is -0.381 e. The summed E-state index contributed by atoms with van der Waals surface area (Å²) in [4.78, 5) is 2.76. The number of hydrogen-bond donors (Lipinski definition) is 1. The minimum absolute atomic E-state index is 0.470. The van der Waals surface area contributed by atoms with Crippen LogP contribution in [0.25, 0.3) is 0 Å². The van der Waals surface area contributed by atoms with Crippen LogP contribution in [0, 0.1) is 5.92 Å². The largest absolute Gasteiger partial charge is 0.381 e. The predicted octanol–water partition coefficient (Wildman–Crippen LogP) is 2.02. The molecule has 1 saturated carbocycles. The van der Waals surface area contributed by atoms with E-state index in [-0.39, 0.29) is 0 Å². The van der Waals surface area contributed by atoms with Crippen molar-refractivity contribution in [2.45, 2.75) is 57.0 Å². The molecule has 1 unspecified atom stereocenters. The predicted molar refractivity (Wildman–Crippen MR) is 73.8 cm³/mol. The Morgan fingerprint density at radius 3 is 2.67 bits per heavy atom. The number of hydrogen-bond acceptors (Lipinski definition) is 3. The van der Waals surface area contributed by atoms with E-state index in [4.69, 9.17) is 4.74 Å². The number of nitrogens with one attached hydrogen (secondary N) is 1. The summed E-state index contributed by atoms with van der Waals surface area (Å²) in [6, 6.07) is 0.707. The SMILES string of the molecule is CC1CNC2(CCCC2)CN1CC1CCOCC1. The molecule has 1 atom stereocenters. The summed E-state index contributed by atoms with van der Waals surface area (Å²) in [5, 5.41) is 3.85. The van der Waals surface area contributed by atoms with E-state index in [1.54, 1.807) is 0 Å². The van der Waals surface area contributed by atoms with Crippen LogP contribution >= 0.6 is 0 Å². The normalized spacial score (nSPS) is 34.2. The van der Waals surface area contributed by atoms with Gasteiger partial charge in [0.15, 0.2) is 0 Å². The summed E-state index contributed by atoms with van der Waals surface area (Å²) < 4.78 is 5.48. The van der Waals surface area contributed by atoms with Crippen molar-refractivity contribution in [2.24, 2.45) is 5.92 Å². The van der Waals surface area contributed by atoms with Crippen LogP contribution in [0.2, 0.25) is 0 Å². The Bertz CT molecular complexity index is 270. The molecule has 1 spiro atoms. The molecular weight excluding hydrogens is 224 g/mol. The molecule has 0 radical (unpaired) electrons. The Morgan fingerprint density at radius 1 is 1.22 bits per heavy atom. The van der Waals surface area contributed by atoms with E-state index < -0.39 is 0 Å². The monoisotopic (exact) mass is 252 g/mol. The van der Waals surface area contributed by atoms with Gasteiger partial charge in [0.1, 0.15) is 0 Å². The van der Waals surface area contributed by atoms with Crippen LogP contribution in [0.5, 0.6) is 0 Å². The highest BCUT2D eigenvalue weighted by Crippen LogP contribution is 2.33. The van der Waals surface area contributed by atoms with Crippen LogP contribution in [-0.2, 0) is 4.74 Å². The van der Waals surface area contributed by atoms with Gasteiger partial charge >= 0.3 is 0 Å². The highest BCUT2D eigenvalue weighted by molar-refractivity contribution is 5.00. The molecule has 3 nitrogen and oxygen atoms in total. The zero-order valence-electron chi connectivity index (χ0n) is 11.8. The molecule has 0 aromatic carbocycles. The molecule has 18 heavy (non-hydrogen) atoms. The van der Waals surface area contributed by atoms with Gasteiger partial charge in [-0.1, -0.05) is 12.8 Å². The van der Waals surface area contributed by atoms with Crippen LogP contribution in [0.4, 0.5) is 0 Å². The van der Waals surface area contributed by atoms with Gasteiger partial charge in [-0.2, -0.15) is 0 Å². The van der Waals surface area contributed by atoms with Crippen molar-refractivity contribution in [3.8, 4) is 0 Å². The van der Waals surface area contributed by atoms with Gasteiger partial charge in [-0.15, -0.1) is 0 Å². The van der Waals surface area contributed by atoms with Crippen molar-refractivity contribution in [1.82, 2.24) is 10.2 Å². The summed E-state index contributed by atoms with van der Waals surface area (Å²) in [5.74, 6) is 0.873. The van der Waals surface area contributed by atoms with E-state index in [1.807, 2.05) is 0 Å². The van der Waals surface area contributed by atoms with Gasteiger partial charge in [0.05, 0.1) is 0 Å². The Kier molecular flexibility index (Phi) is 3.92. The molecule has 3 heteroatoms. The second-order valence-electron chi connectivity index (χ2n) is 6.70. The van der Waals surface area contributed by atoms with Crippen LogP contribution in [0.15, 0.2) is 0 Å². The molecule has 2 heterocycles. The molecule has 1 N–H and O–H groups in total. The van der Waals surface area contributed by atoms with E-state index >= 15 is 0 Å². The average Bonchev–Trinajstić information content (AvgIpc) is 2.84. The van der Waals surface area contributed by atoms with Crippen molar-refractivity contribution >= 4 is 0 Å². The van der Waals surface area contributed by atoms with Crippen molar-refractivity contribution in [3.05, 3.63) is 0 Å². The third kappa shape index (κ3) is 2.73. The number of nitrogens with zero attached hydrogens (tertiary/aromatic N) is 1. The summed E-state index contributed by atoms with van der Waals surface area (Å²) >= 11 is 0. The fourth-order valence-corrected chi connectivity index (χ4v) is 3.99. The van der Waals surface area contributed by atoms with E-state index in [9.17, 15) is 0 Å². The van der Waals surface area contributed by atoms with E-state index in [1.165, 1.54) is 58.2 Å². The Balaban J connectivity index is 1.58. The second kappa shape index (κ2) is 5.48. The smallest absolute Gasteiger partial charge is 0.0469 e. The third-order valence-electron chi connectivity index (χ3n) is 5.30. The van der Waals surface area contributed by atoms with Crippen LogP contribution in [0.1, 0.15) is 45.4 Å².